The summed E-state index contributed by atoms with van der Waals surface area (Å²) in [5, 5.41) is 11.6. The highest BCUT2D eigenvalue weighted by atomic mass is 16.4. The molecule has 1 heterocycles. The lowest BCUT2D eigenvalue weighted by Crippen LogP contribution is -2.26. The minimum atomic E-state index is -0.932. The fourth-order valence-corrected chi connectivity index (χ4v) is 2.70. The van der Waals surface area contributed by atoms with E-state index in [1.54, 1.807) is 23.1 Å². The first-order valence-electron chi connectivity index (χ1n) is 7.01. The van der Waals surface area contributed by atoms with Gasteiger partial charge in [-0.15, -0.1) is 0 Å². The van der Waals surface area contributed by atoms with Crippen molar-refractivity contribution in [3.8, 4) is 0 Å². The molecule has 2 N–H and O–H groups in total. The lowest BCUT2D eigenvalue weighted by molar-refractivity contribution is -0.139. The van der Waals surface area contributed by atoms with Crippen LogP contribution in [0.2, 0.25) is 0 Å². The van der Waals surface area contributed by atoms with Gasteiger partial charge in [0.15, 0.2) is 0 Å². The normalized spacial score (nSPS) is 24.0. The Bertz CT molecular complexity index is 613. The molecule has 6 heteroatoms. The van der Waals surface area contributed by atoms with E-state index in [4.69, 9.17) is 5.11 Å². The molecule has 1 aromatic rings. The van der Waals surface area contributed by atoms with E-state index in [2.05, 4.69) is 5.32 Å². The summed E-state index contributed by atoms with van der Waals surface area (Å²) < 4.78 is 0. The molecule has 1 aliphatic carbocycles. The number of amides is 2. The Balaban J connectivity index is 1.75. The van der Waals surface area contributed by atoms with Crippen LogP contribution in [0.15, 0.2) is 24.3 Å². The number of benzene rings is 1. The van der Waals surface area contributed by atoms with Crippen molar-refractivity contribution in [3.63, 3.8) is 0 Å². The number of hydrogen-bond acceptors (Lipinski definition) is 3. The Kier molecular flexibility index (Phi) is 3.37. The van der Waals surface area contributed by atoms with Crippen LogP contribution >= 0.6 is 0 Å². The summed E-state index contributed by atoms with van der Waals surface area (Å²) in [6.07, 6.45) is 1.71. The number of carbonyl (C=O) groups excluding carboxylic acids is 2. The van der Waals surface area contributed by atoms with Crippen molar-refractivity contribution >= 4 is 29.2 Å². The molecular weight excluding hydrogens is 272 g/mol. The van der Waals surface area contributed by atoms with Crippen LogP contribution in [0.3, 0.4) is 0 Å². The summed E-state index contributed by atoms with van der Waals surface area (Å²) in [6.45, 7) is 0.646. The highest BCUT2D eigenvalue weighted by Crippen LogP contribution is 2.40. The van der Waals surface area contributed by atoms with Crippen molar-refractivity contribution in [3.05, 3.63) is 24.3 Å². The Morgan fingerprint density at radius 3 is 2.62 bits per heavy atom. The quantitative estimate of drug-likeness (QED) is 0.878. The summed E-state index contributed by atoms with van der Waals surface area (Å²) in [4.78, 5) is 36.4. The molecule has 110 valence electrons. The third kappa shape index (κ3) is 2.61. The van der Waals surface area contributed by atoms with E-state index < -0.39 is 17.8 Å². The fourth-order valence-electron chi connectivity index (χ4n) is 2.70. The first-order chi connectivity index (χ1) is 10.1. The summed E-state index contributed by atoms with van der Waals surface area (Å²) in [5.41, 5.74) is 1.25. The minimum Gasteiger partial charge on any atom is -0.481 e. The molecule has 0 radical (unpaired) electrons. The van der Waals surface area contributed by atoms with Crippen LogP contribution in [0.25, 0.3) is 0 Å². The van der Waals surface area contributed by atoms with Crippen LogP contribution in [0.1, 0.15) is 19.3 Å². The highest BCUT2D eigenvalue weighted by Gasteiger charge is 2.48. The van der Waals surface area contributed by atoms with Crippen molar-refractivity contribution in [1.29, 1.82) is 0 Å². The molecule has 1 aliphatic heterocycles. The number of nitrogens with zero attached hydrogens (tertiary/aromatic N) is 1. The summed E-state index contributed by atoms with van der Waals surface area (Å²) in [6, 6.07) is 7.12. The molecule has 21 heavy (non-hydrogen) atoms. The second-order valence-electron chi connectivity index (χ2n) is 5.44. The molecular formula is C15H16N2O4. The van der Waals surface area contributed by atoms with Crippen LogP contribution in [-0.2, 0) is 14.4 Å². The monoisotopic (exact) mass is 288 g/mol. The van der Waals surface area contributed by atoms with E-state index in [1.165, 1.54) is 0 Å². The number of carboxylic acids is 1. The number of para-hydroxylation sites is 2. The molecule has 1 saturated carbocycles. The van der Waals surface area contributed by atoms with E-state index >= 15 is 0 Å². The van der Waals surface area contributed by atoms with Gasteiger partial charge in [-0.2, -0.15) is 0 Å². The maximum atomic E-state index is 12.1. The van der Waals surface area contributed by atoms with Gasteiger partial charge >= 0.3 is 5.97 Å². The number of rotatable bonds is 4. The predicted molar refractivity (Wildman–Crippen MR) is 75.9 cm³/mol. The molecule has 0 unspecified atom stereocenters. The molecule has 2 fully saturated rings. The van der Waals surface area contributed by atoms with Gasteiger partial charge in [0, 0.05) is 13.0 Å². The molecule has 3 rings (SSSR count). The van der Waals surface area contributed by atoms with Crippen LogP contribution in [0, 0.1) is 11.8 Å². The van der Waals surface area contributed by atoms with Gasteiger partial charge in [0.2, 0.25) is 11.8 Å². The van der Waals surface area contributed by atoms with Gasteiger partial charge in [-0.05, 0) is 25.0 Å². The molecule has 1 saturated heterocycles. The van der Waals surface area contributed by atoms with Gasteiger partial charge < -0.3 is 15.3 Å². The van der Waals surface area contributed by atoms with Crippen LogP contribution in [0.4, 0.5) is 11.4 Å². The average Bonchev–Trinajstić information content (AvgIpc) is 3.16. The second kappa shape index (κ2) is 5.20. The summed E-state index contributed by atoms with van der Waals surface area (Å²) >= 11 is 0. The zero-order valence-electron chi connectivity index (χ0n) is 11.4. The van der Waals surface area contributed by atoms with Crippen molar-refractivity contribution < 1.29 is 19.5 Å². The Morgan fingerprint density at radius 2 is 2.00 bits per heavy atom. The zero-order valence-corrected chi connectivity index (χ0v) is 11.4. The van der Waals surface area contributed by atoms with Crippen molar-refractivity contribution in [2.45, 2.75) is 19.3 Å². The van der Waals surface area contributed by atoms with Crippen LogP contribution in [-0.4, -0.2) is 29.4 Å². The Labute approximate surface area is 121 Å². The SMILES string of the molecule is O=C(O)[C@H]1C[C@H]1C(=O)Nc1ccccc1N1CCCC1=O. The maximum Gasteiger partial charge on any atom is 0.307 e. The van der Waals surface area contributed by atoms with Crippen molar-refractivity contribution in [2.75, 3.05) is 16.8 Å². The third-order valence-corrected chi connectivity index (χ3v) is 3.97. The largest absolute Gasteiger partial charge is 0.481 e. The summed E-state index contributed by atoms with van der Waals surface area (Å²) in [5.74, 6) is -2.22. The first-order valence-corrected chi connectivity index (χ1v) is 7.01. The molecule has 0 bridgehead atoms. The van der Waals surface area contributed by atoms with E-state index in [0.29, 0.717) is 30.8 Å². The van der Waals surface area contributed by atoms with Crippen molar-refractivity contribution in [2.24, 2.45) is 11.8 Å². The minimum absolute atomic E-state index is 0.0477. The highest BCUT2D eigenvalue weighted by molar-refractivity contribution is 6.04. The molecule has 2 amide bonds. The van der Waals surface area contributed by atoms with E-state index in [1.807, 2.05) is 6.07 Å². The smallest absolute Gasteiger partial charge is 0.307 e. The van der Waals surface area contributed by atoms with Gasteiger partial charge in [0.05, 0.1) is 23.2 Å². The molecule has 6 nitrogen and oxygen atoms in total. The predicted octanol–water partition coefficient (Wildman–Crippen LogP) is 1.47. The van der Waals surface area contributed by atoms with Gasteiger partial charge in [0.1, 0.15) is 0 Å². The van der Waals surface area contributed by atoms with E-state index in [0.717, 1.165) is 6.42 Å². The van der Waals surface area contributed by atoms with Crippen LogP contribution in [0.5, 0.6) is 0 Å². The van der Waals surface area contributed by atoms with Gasteiger partial charge in [0.25, 0.3) is 0 Å². The van der Waals surface area contributed by atoms with Gasteiger partial charge in [-0.3, -0.25) is 14.4 Å². The fraction of sp³-hybridized carbons (Fsp3) is 0.400. The molecule has 2 aliphatic rings. The number of carboxylic acid groups (broad SMARTS) is 1. The second-order valence-corrected chi connectivity index (χ2v) is 5.44. The number of hydrogen-bond donors (Lipinski definition) is 2. The van der Waals surface area contributed by atoms with Gasteiger partial charge in [-0.1, -0.05) is 12.1 Å². The zero-order chi connectivity index (χ0) is 15.0. The number of anilines is 2. The topological polar surface area (TPSA) is 86.7 Å². The third-order valence-electron chi connectivity index (χ3n) is 3.97. The average molecular weight is 288 g/mol. The van der Waals surface area contributed by atoms with Gasteiger partial charge in [-0.25, -0.2) is 0 Å². The number of carbonyl (C=O) groups is 3. The molecule has 0 aromatic heterocycles. The van der Waals surface area contributed by atoms with E-state index in [-0.39, 0.29) is 11.8 Å². The van der Waals surface area contributed by atoms with E-state index in [9.17, 15) is 14.4 Å². The molecule has 2 atom stereocenters. The lowest BCUT2D eigenvalue weighted by Gasteiger charge is -2.19. The summed E-state index contributed by atoms with van der Waals surface area (Å²) in [7, 11) is 0. The first kappa shape index (κ1) is 13.6. The van der Waals surface area contributed by atoms with Crippen molar-refractivity contribution in [1.82, 2.24) is 0 Å². The standard InChI is InChI=1S/C15H16N2O4/c18-13-6-3-7-17(13)12-5-2-1-4-11(12)16-14(19)9-8-10(9)15(20)21/h1-2,4-5,9-10H,3,6-8H2,(H,16,19)(H,20,21)/t9-,10+/m1/s1. The number of nitrogens with one attached hydrogen (secondary N) is 1. The molecule has 0 spiro atoms. The molecule has 1 aromatic carbocycles. The number of aliphatic carboxylic acids is 1. The van der Waals surface area contributed by atoms with Crippen LogP contribution < -0.4 is 10.2 Å². The maximum absolute atomic E-state index is 12.1. The Hall–Kier alpha value is -2.37. The Morgan fingerprint density at radius 1 is 1.24 bits per heavy atom. The lowest BCUT2D eigenvalue weighted by atomic mass is 10.2.